The van der Waals surface area contributed by atoms with Crippen LogP contribution in [0.15, 0.2) is 16.5 Å². The zero-order chi connectivity index (χ0) is 12.1. The summed E-state index contributed by atoms with van der Waals surface area (Å²) >= 11 is 0. The summed E-state index contributed by atoms with van der Waals surface area (Å²) in [4.78, 5) is 2.19. The first-order valence-electron chi connectivity index (χ1n) is 5.87. The van der Waals surface area contributed by atoms with Gasteiger partial charge in [-0.25, -0.2) is 0 Å². The van der Waals surface area contributed by atoms with Gasteiger partial charge in [0.25, 0.3) is 0 Å². The first-order valence-corrected chi connectivity index (χ1v) is 5.87. The van der Waals surface area contributed by atoms with Gasteiger partial charge in [0, 0.05) is 13.2 Å². The number of nitrogens with zero attached hydrogens (tertiary/aromatic N) is 1. The molecule has 1 heterocycles. The van der Waals surface area contributed by atoms with Crippen LogP contribution in [0.4, 0.5) is 0 Å². The summed E-state index contributed by atoms with van der Waals surface area (Å²) in [7, 11) is 2.06. The summed E-state index contributed by atoms with van der Waals surface area (Å²) in [6, 6.07) is 3.99. The SMILES string of the molecule is Cc1ccc(CN(C)CC(CO)C(C)C)o1. The van der Waals surface area contributed by atoms with Crippen LogP contribution >= 0.6 is 0 Å². The van der Waals surface area contributed by atoms with Crippen molar-refractivity contribution in [2.24, 2.45) is 11.8 Å². The van der Waals surface area contributed by atoms with Gasteiger partial charge < -0.3 is 9.52 Å². The fourth-order valence-corrected chi connectivity index (χ4v) is 1.78. The molecule has 1 atom stereocenters. The maximum atomic E-state index is 9.27. The second-order valence-electron chi connectivity index (χ2n) is 4.90. The summed E-state index contributed by atoms with van der Waals surface area (Å²) < 4.78 is 5.53. The fraction of sp³-hybridized carbons (Fsp3) is 0.692. The van der Waals surface area contributed by atoms with E-state index in [0.29, 0.717) is 11.8 Å². The summed E-state index contributed by atoms with van der Waals surface area (Å²) in [6.45, 7) is 8.19. The van der Waals surface area contributed by atoms with Crippen LogP contribution < -0.4 is 0 Å². The average Bonchev–Trinajstić information content (AvgIpc) is 2.60. The molecule has 0 radical (unpaired) electrons. The predicted octanol–water partition coefficient (Wildman–Crippen LogP) is 2.28. The monoisotopic (exact) mass is 225 g/mol. The third kappa shape index (κ3) is 3.99. The van der Waals surface area contributed by atoms with E-state index in [1.165, 1.54) is 0 Å². The Morgan fingerprint density at radius 2 is 2.06 bits per heavy atom. The molecule has 0 saturated heterocycles. The first kappa shape index (κ1) is 13.3. The van der Waals surface area contributed by atoms with E-state index in [1.54, 1.807) is 0 Å². The quantitative estimate of drug-likeness (QED) is 0.807. The van der Waals surface area contributed by atoms with Crippen LogP contribution in [0.1, 0.15) is 25.4 Å². The van der Waals surface area contributed by atoms with E-state index in [9.17, 15) is 5.11 Å². The Balaban J connectivity index is 2.43. The van der Waals surface area contributed by atoms with Crippen LogP contribution in [0, 0.1) is 18.8 Å². The van der Waals surface area contributed by atoms with Crippen molar-refractivity contribution in [2.45, 2.75) is 27.3 Å². The molecule has 0 aromatic carbocycles. The highest BCUT2D eigenvalue weighted by molar-refractivity contribution is 5.05. The van der Waals surface area contributed by atoms with Crippen LogP contribution in [0.5, 0.6) is 0 Å². The smallest absolute Gasteiger partial charge is 0.118 e. The van der Waals surface area contributed by atoms with Crippen molar-refractivity contribution >= 4 is 0 Å². The van der Waals surface area contributed by atoms with E-state index in [0.717, 1.165) is 24.6 Å². The molecule has 0 aliphatic rings. The van der Waals surface area contributed by atoms with Crippen LogP contribution in [0.25, 0.3) is 0 Å². The average molecular weight is 225 g/mol. The maximum Gasteiger partial charge on any atom is 0.118 e. The van der Waals surface area contributed by atoms with Gasteiger partial charge in [0.05, 0.1) is 6.54 Å². The largest absolute Gasteiger partial charge is 0.465 e. The van der Waals surface area contributed by atoms with E-state index in [4.69, 9.17) is 4.42 Å². The lowest BCUT2D eigenvalue weighted by Gasteiger charge is -2.24. The Labute approximate surface area is 98.1 Å². The number of aliphatic hydroxyl groups is 1. The third-order valence-corrected chi connectivity index (χ3v) is 2.95. The summed E-state index contributed by atoms with van der Waals surface area (Å²) in [5, 5.41) is 9.27. The van der Waals surface area contributed by atoms with E-state index in [-0.39, 0.29) is 6.61 Å². The van der Waals surface area contributed by atoms with Gasteiger partial charge in [0.2, 0.25) is 0 Å². The molecule has 0 saturated carbocycles. The van der Waals surface area contributed by atoms with Crippen molar-refractivity contribution in [2.75, 3.05) is 20.2 Å². The molecule has 1 rings (SSSR count). The Morgan fingerprint density at radius 1 is 1.38 bits per heavy atom. The number of hydrogen-bond donors (Lipinski definition) is 1. The van der Waals surface area contributed by atoms with Crippen LogP contribution in [0.3, 0.4) is 0 Å². The van der Waals surface area contributed by atoms with Gasteiger partial charge in [-0.05, 0) is 37.9 Å². The Bertz CT molecular complexity index is 307. The van der Waals surface area contributed by atoms with E-state index < -0.39 is 0 Å². The zero-order valence-electron chi connectivity index (χ0n) is 10.7. The molecule has 1 aromatic heterocycles. The first-order chi connectivity index (χ1) is 7.52. The van der Waals surface area contributed by atoms with Gasteiger partial charge in [-0.1, -0.05) is 13.8 Å². The zero-order valence-corrected chi connectivity index (χ0v) is 10.7. The molecule has 3 heteroatoms. The lowest BCUT2D eigenvalue weighted by atomic mass is 9.96. The Morgan fingerprint density at radius 3 is 2.50 bits per heavy atom. The molecule has 0 aliphatic carbocycles. The number of rotatable bonds is 6. The molecule has 0 amide bonds. The lowest BCUT2D eigenvalue weighted by molar-refractivity contribution is 0.139. The van der Waals surface area contributed by atoms with Gasteiger partial charge in [0.1, 0.15) is 11.5 Å². The maximum absolute atomic E-state index is 9.27. The normalized spacial score (nSPS) is 13.7. The molecular weight excluding hydrogens is 202 g/mol. The van der Waals surface area contributed by atoms with Crippen molar-refractivity contribution in [1.29, 1.82) is 0 Å². The molecular formula is C13H23NO2. The minimum atomic E-state index is 0.249. The van der Waals surface area contributed by atoms with Crippen molar-refractivity contribution in [1.82, 2.24) is 4.90 Å². The minimum Gasteiger partial charge on any atom is -0.465 e. The van der Waals surface area contributed by atoms with E-state index in [2.05, 4.69) is 25.8 Å². The molecule has 16 heavy (non-hydrogen) atoms. The molecule has 0 bridgehead atoms. The van der Waals surface area contributed by atoms with Gasteiger partial charge >= 0.3 is 0 Å². The van der Waals surface area contributed by atoms with Gasteiger partial charge in [-0.3, -0.25) is 4.90 Å². The highest BCUT2D eigenvalue weighted by Crippen LogP contribution is 2.14. The summed E-state index contributed by atoms with van der Waals surface area (Å²) in [5.41, 5.74) is 0. The summed E-state index contributed by atoms with van der Waals surface area (Å²) in [5.74, 6) is 2.78. The van der Waals surface area contributed by atoms with E-state index in [1.807, 2.05) is 19.1 Å². The summed E-state index contributed by atoms with van der Waals surface area (Å²) in [6.07, 6.45) is 0. The third-order valence-electron chi connectivity index (χ3n) is 2.95. The highest BCUT2D eigenvalue weighted by Gasteiger charge is 2.15. The lowest BCUT2D eigenvalue weighted by Crippen LogP contribution is -2.30. The molecule has 0 aliphatic heterocycles. The molecule has 1 N–H and O–H groups in total. The van der Waals surface area contributed by atoms with Crippen molar-refractivity contribution in [3.05, 3.63) is 23.7 Å². The van der Waals surface area contributed by atoms with Crippen LogP contribution in [-0.4, -0.2) is 30.2 Å². The number of hydrogen-bond acceptors (Lipinski definition) is 3. The fourth-order valence-electron chi connectivity index (χ4n) is 1.78. The molecule has 1 aromatic rings. The highest BCUT2D eigenvalue weighted by atomic mass is 16.3. The van der Waals surface area contributed by atoms with Crippen molar-refractivity contribution < 1.29 is 9.52 Å². The van der Waals surface area contributed by atoms with Gasteiger partial charge in [-0.2, -0.15) is 0 Å². The second-order valence-corrected chi connectivity index (χ2v) is 4.90. The van der Waals surface area contributed by atoms with Crippen LogP contribution in [0.2, 0.25) is 0 Å². The standard InChI is InChI=1S/C13H23NO2/c1-10(2)12(9-15)7-14(4)8-13-6-5-11(3)16-13/h5-6,10,12,15H,7-9H2,1-4H3. The number of aryl methyl sites for hydroxylation is 1. The van der Waals surface area contributed by atoms with Gasteiger partial charge in [-0.15, -0.1) is 0 Å². The van der Waals surface area contributed by atoms with Gasteiger partial charge in [0.15, 0.2) is 0 Å². The Kier molecular flexibility index (Phi) is 5.03. The van der Waals surface area contributed by atoms with Crippen LogP contribution in [-0.2, 0) is 6.54 Å². The molecule has 1 unspecified atom stereocenters. The van der Waals surface area contributed by atoms with Crippen molar-refractivity contribution in [3.8, 4) is 0 Å². The van der Waals surface area contributed by atoms with E-state index >= 15 is 0 Å². The molecule has 3 nitrogen and oxygen atoms in total. The predicted molar refractivity (Wildman–Crippen MR) is 65.2 cm³/mol. The Hall–Kier alpha value is -0.800. The number of furan rings is 1. The second kappa shape index (κ2) is 6.06. The minimum absolute atomic E-state index is 0.249. The molecule has 0 spiro atoms. The topological polar surface area (TPSA) is 36.6 Å². The van der Waals surface area contributed by atoms with Crippen molar-refractivity contribution in [3.63, 3.8) is 0 Å². The molecule has 92 valence electrons. The number of aliphatic hydroxyl groups excluding tert-OH is 1. The molecule has 0 fully saturated rings.